The van der Waals surface area contributed by atoms with Crippen molar-refractivity contribution in [1.82, 2.24) is 5.32 Å². The van der Waals surface area contributed by atoms with Crippen molar-refractivity contribution in [1.29, 1.82) is 0 Å². The second-order valence-electron chi connectivity index (χ2n) is 3.91. The van der Waals surface area contributed by atoms with Crippen LogP contribution in [0.2, 0.25) is 0 Å². The molecule has 0 aromatic heterocycles. The number of carbonyl (C=O) groups excluding carboxylic acids is 1. The third-order valence-electron chi connectivity index (χ3n) is 2.09. The summed E-state index contributed by atoms with van der Waals surface area (Å²) in [5.41, 5.74) is 1.37. The molecule has 0 unspecified atom stereocenters. The molecule has 17 heavy (non-hydrogen) atoms. The minimum Gasteiger partial charge on any atom is -0.479 e. The lowest BCUT2D eigenvalue weighted by Crippen LogP contribution is -2.32. The number of aliphatic carboxylic acids is 1. The van der Waals surface area contributed by atoms with Crippen LogP contribution in [0.1, 0.15) is 25.5 Å². The Kier molecular flexibility index (Phi) is 4.46. The highest BCUT2D eigenvalue weighted by Crippen LogP contribution is 2.12. The number of rotatable bonds is 4. The van der Waals surface area contributed by atoms with E-state index in [2.05, 4.69) is 5.32 Å². The molecule has 1 aromatic rings. The highest BCUT2D eigenvalue weighted by molar-refractivity contribution is 5.91. The van der Waals surface area contributed by atoms with Crippen molar-refractivity contribution in [3.8, 4) is 0 Å². The van der Waals surface area contributed by atoms with E-state index in [1.54, 1.807) is 44.2 Å². The Morgan fingerprint density at radius 2 is 1.82 bits per heavy atom. The number of carboxylic acid groups (broad SMARTS) is 1. The quantitative estimate of drug-likeness (QED) is 0.780. The maximum Gasteiger partial charge on any atom is 0.330 e. The fourth-order valence-electron chi connectivity index (χ4n) is 1.38. The molecule has 1 rings (SSSR count). The first-order chi connectivity index (χ1) is 8.00. The van der Waals surface area contributed by atoms with Gasteiger partial charge in [0, 0.05) is 6.08 Å². The standard InChI is InChI=1S/C13H15NO3/c1-9(2)8-11(15)14-12(13(16)17)10-6-4-3-5-7-10/h3-8,12H,1-2H3,(H,14,15)(H,16,17)/t12-/m1/s1. The monoisotopic (exact) mass is 233 g/mol. The molecule has 0 aliphatic carbocycles. The van der Waals surface area contributed by atoms with Crippen LogP contribution in [0.3, 0.4) is 0 Å². The maximum atomic E-state index is 11.5. The largest absolute Gasteiger partial charge is 0.479 e. The van der Waals surface area contributed by atoms with Crippen LogP contribution in [-0.2, 0) is 9.59 Å². The highest BCUT2D eigenvalue weighted by atomic mass is 16.4. The number of hydrogen-bond acceptors (Lipinski definition) is 2. The summed E-state index contributed by atoms with van der Waals surface area (Å²) < 4.78 is 0. The third kappa shape index (κ3) is 4.10. The van der Waals surface area contributed by atoms with E-state index in [4.69, 9.17) is 5.11 Å². The molecule has 1 amide bonds. The van der Waals surface area contributed by atoms with Crippen molar-refractivity contribution in [2.75, 3.05) is 0 Å². The lowest BCUT2D eigenvalue weighted by molar-refractivity contribution is -0.141. The SMILES string of the molecule is CC(C)=CC(=O)N[C@@H](C(=O)O)c1ccccc1. The van der Waals surface area contributed by atoms with Gasteiger partial charge in [-0.25, -0.2) is 4.79 Å². The Morgan fingerprint density at radius 3 is 2.29 bits per heavy atom. The van der Waals surface area contributed by atoms with Crippen LogP contribution in [0.25, 0.3) is 0 Å². The molecular formula is C13H15NO3. The molecule has 4 nitrogen and oxygen atoms in total. The Morgan fingerprint density at radius 1 is 1.24 bits per heavy atom. The number of nitrogens with one attached hydrogen (secondary N) is 1. The molecule has 1 atom stereocenters. The first kappa shape index (κ1) is 13.0. The first-order valence-electron chi connectivity index (χ1n) is 5.24. The molecule has 2 N–H and O–H groups in total. The van der Waals surface area contributed by atoms with Gasteiger partial charge in [-0.15, -0.1) is 0 Å². The van der Waals surface area contributed by atoms with Crippen molar-refractivity contribution in [2.24, 2.45) is 0 Å². The number of allylic oxidation sites excluding steroid dienone is 1. The van der Waals surface area contributed by atoms with Gasteiger partial charge in [0.05, 0.1) is 0 Å². The van der Waals surface area contributed by atoms with Crippen molar-refractivity contribution in [3.63, 3.8) is 0 Å². The normalized spacial score (nSPS) is 11.4. The Balaban J connectivity index is 2.86. The molecule has 1 aromatic carbocycles. The molecule has 0 heterocycles. The lowest BCUT2D eigenvalue weighted by atomic mass is 10.1. The van der Waals surface area contributed by atoms with Crippen LogP contribution in [0.5, 0.6) is 0 Å². The fraction of sp³-hybridized carbons (Fsp3) is 0.231. The number of benzene rings is 1. The molecule has 0 spiro atoms. The van der Waals surface area contributed by atoms with E-state index >= 15 is 0 Å². The number of carboxylic acids is 1. The van der Waals surface area contributed by atoms with Crippen molar-refractivity contribution < 1.29 is 14.7 Å². The average molecular weight is 233 g/mol. The minimum atomic E-state index is -1.08. The minimum absolute atomic E-state index is 0.402. The summed E-state index contributed by atoms with van der Waals surface area (Å²) in [4.78, 5) is 22.6. The highest BCUT2D eigenvalue weighted by Gasteiger charge is 2.20. The zero-order valence-electron chi connectivity index (χ0n) is 9.81. The summed E-state index contributed by atoms with van der Waals surface area (Å²) in [7, 11) is 0. The van der Waals surface area contributed by atoms with Gasteiger partial charge in [0.25, 0.3) is 0 Å². The van der Waals surface area contributed by atoms with Crippen molar-refractivity contribution >= 4 is 11.9 Å². The van der Waals surface area contributed by atoms with Crippen LogP contribution >= 0.6 is 0 Å². The predicted octanol–water partition coefficient (Wildman–Crippen LogP) is 1.89. The van der Waals surface area contributed by atoms with Crippen LogP contribution in [0.4, 0.5) is 0 Å². The second-order valence-corrected chi connectivity index (χ2v) is 3.91. The van der Waals surface area contributed by atoms with Crippen molar-refractivity contribution in [2.45, 2.75) is 19.9 Å². The van der Waals surface area contributed by atoms with Crippen LogP contribution in [-0.4, -0.2) is 17.0 Å². The van der Waals surface area contributed by atoms with E-state index in [9.17, 15) is 9.59 Å². The van der Waals surface area contributed by atoms with Gasteiger partial charge in [0.15, 0.2) is 6.04 Å². The summed E-state index contributed by atoms with van der Waals surface area (Å²) in [6.07, 6.45) is 1.37. The van der Waals surface area contributed by atoms with Gasteiger partial charge in [-0.05, 0) is 19.4 Å². The Bertz CT molecular complexity index is 433. The van der Waals surface area contributed by atoms with Gasteiger partial charge in [0.2, 0.25) is 5.91 Å². The summed E-state index contributed by atoms with van der Waals surface area (Å²) in [5, 5.41) is 11.5. The molecule has 90 valence electrons. The van der Waals surface area contributed by atoms with Gasteiger partial charge < -0.3 is 10.4 Å². The predicted molar refractivity (Wildman–Crippen MR) is 64.4 cm³/mol. The molecular weight excluding hydrogens is 218 g/mol. The van der Waals surface area contributed by atoms with Gasteiger partial charge in [0.1, 0.15) is 0 Å². The van der Waals surface area contributed by atoms with E-state index in [-0.39, 0.29) is 0 Å². The van der Waals surface area contributed by atoms with Crippen molar-refractivity contribution in [3.05, 3.63) is 47.5 Å². The van der Waals surface area contributed by atoms with Gasteiger partial charge in [-0.3, -0.25) is 4.79 Å². The van der Waals surface area contributed by atoms with E-state index in [1.165, 1.54) is 6.08 Å². The molecule has 0 saturated carbocycles. The molecule has 0 fully saturated rings. The van der Waals surface area contributed by atoms with Gasteiger partial charge in [-0.1, -0.05) is 35.9 Å². The number of carbonyl (C=O) groups is 2. The molecule has 0 aliphatic rings. The maximum absolute atomic E-state index is 11.5. The molecule has 4 heteroatoms. The van der Waals surface area contributed by atoms with E-state index in [0.29, 0.717) is 5.56 Å². The number of hydrogen-bond donors (Lipinski definition) is 2. The molecule has 0 bridgehead atoms. The van der Waals surface area contributed by atoms with Crippen LogP contribution in [0, 0.1) is 0 Å². The summed E-state index contributed by atoms with van der Waals surface area (Å²) in [5.74, 6) is -1.48. The van der Waals surface area contributed by atoms with Crippen LogP contribution in [0.15, 0.2) is 42.0 Å². The zero-order valence-corrected chi connectivity index (χ0v) is 9.81. The average Bonchev–Trinajstić information content (AvgIpc) is 2.25. The van der Waals surface area contributed by atoms with E-state index in [0.717, 1.165) is 5.57 Å². The second kappa shape index (κ2) is 5.84. The summed E-state index contributed by atoms with van der Waals surface area (Å²) >= 11 is 0. The lowest BCUT2D eigenvalue weighted by Gasteiger charge is -2.13. The topological polar surface area (TPSA) is 66.4 Å². The summed E-state index contributed by atoms with van der Waals surface area (Å²) in [6, 6.07) is 7.58. The molecule has 0 aliphatic heterocycles. The Hall–Kier alpha value is -2.10. The van der Waals surface area contributed by atoms with Crippen LogP contribution < -0.4 is 5.32 Å². The Labute approximate surface area is 100.0 Å². The van der Waals surface area contributed by atoms with Gasteiger partial charge >= 0.3 is 5.97 Å². The number of amides is 1. The first-order valence-corrected chi connectivity index (χ1v) is 5.24. The fourth-order valence-corrected chi connectivity index (χ4v) is 1.38. The summed E-state index contributed by atoms with van der Waals surface area (Å²) in [6.45, 7) is 3.55. The molecule has 0 radical (unpaired) electrons. The van der Waals surface area contributed by atoms with E-state index < -0.39 is 17.9 Å². The van der Waals surface area contributed by atoms with Gasteiger partial charge in [-0.2, -0.15) is 0 Å². The molecule has 0 saturated heterocycles. The smallest absolute Gasteiger partial charge is 0.330 e. The van der Waals surface area contributed by atoms with E-state index in [1.807, 2.05) is 0 Å². The zero-order chi connectivity index (χ0) is 12.8. The third-order valence-corrected chi connectivity index (χ3v) is 2.09.